The average molecular weight is 1730 g/mol. The van der Waals surface area contributed by atoms with E-state index in [4.69, 9.17) is 19.9 Å². The molecule has 1 saturated heterocycles. The van der Waals surface area contributed by atoms with Gasteiger partial charge in [-0.05, 0) is 260 Å². The molecular weight excluding hydrogens is 1620 g/mol. The largest absolute Gasteiger partial charge is 0.372 e. The Morgan fingerprint density at radius 1 is 0.331 bits per heavy atom. The van der Waals surface area contributed by atoms with Crippen LogP contribution in [0.4, 0.5) is 66.0 Å². The Labute approximate surface area is 747 Å². The molecule has 23 nitrogen and oxygen atoms in total. The molecule has 0 spiro atoms. The van der Waals surface area contributed by atoms with Crippen LogP contribution in [0.3, 0.4) is 0 Å². The zero-order chi connectivity index (χ0) is 86.9. The summed E-state index contributed by atoms with van der Waals surface area (Å²) in [6, 6.07) is 42.8. The number of thiazole rings is 4. The topological polar surface area (TPSA) is 223 Å². The highest BCUT2D eigenvalue weighted by molar-refractivity contribution is 7.15. The molecule has 0 radical (unpaired) electrons. The third kappa shape index (κ3) is 21.8. The second-order valence-corrected chi connectivity index (χ2v) is 34.4. The molecule has 5 aromatic carbocycles. The standard InChI is InChI=1S/C25H29N5S.C24H26N6S.2C24H28N6S.2H2/c1-6-29(7-2)24-13-17(3)22(12-18(24)4)27-25-28-23(15-31-25)20-8-10-21(11-9-20)30-14-19(5)26-16-30;1-17-6-8-20(29-10-4-3-5-11-29)12-21(17)27-24-28-22(15-31-24)19-7-9-23(25-13-19)30-14-18(2)26-16-30;1-6-29(7-2)22-11-16(3)20(10-17(22)4)27-24-28-21(14-31-24)19-8-9-23(25-12-19)30-13-18(5)26-15-30;1-5-11-29(6-2)20-9-7-17(3)21(12-20)27-24-28-22(15-31-24)19-8-10-23(25-13-19)30-14-18(4)26-16-30;;/h8-16H,6-7H2,1-5H3,(H,27,28);6-9,12-16H,3-5,10-11H2,1-2H3,(H,27,28);8-15H,6-7H2,1-5H3,(H,27,28);7-10,12-16H,5-6,11H2,1-4H3,(H,27,28);2*1H. The van der Waals surface area contributed by atoms with Crippen molar-refractivity contribution in [2.24, 2.45) is 0 Å². The summed E-state index contributed by atoms with van der Waals surface area (Å²) in [6.45, 7) is 42.4. The first-order valence-electron chi connectivity index (χ1n) is 42.6. The van der Waals surface area contributed by atoms with Crippen LogP contribution in [0.1, 0.15) is 126 Å². The van der Waals surface area contributed by atoms with Crippen molar-refractivity contribution >= 4 is 111 Å². The van der Waals surface area contributed by atoms with E-state index in [1.165, 1.54) is 75.4 Å². The van der Waals surface area contributed by atoms with E-state index < -0.39 is 0 Å². The zero-order valence-corrected chi connectivity index (χ0v) is 77.1. The molecule has 0 atom stereocenters. The maximum atomic E-state index is 4.82. The average Bonchev–Trinajstić information content (AvgIpc) is 1.22. The Hall–Kier alpha value is -12.7. The lowest BCUT2D eigenvalue weighted by atomic mass is 10.1. The zero-order valence-electron chi connectivity index (χ0n) is 73.8. The number of pyridine rings is 3. The number of piperidine rings is 1. The van der Waals surface area contributed by atoms with E-state index in [0.29, 0.717) is 0 Å². The first-order chi connectivity index (χ1) is 60.2. The molecule has 12 heterocycles. The van der Waals surface area contributed by atoms with Gasteiger partial charge < -0.3 is 45.4 Å². The summed E-state index contributed by atoms with van der Waals surface area (Å²) in [5, 5.41) is 25.9. The highest BCUT2D eigenvalue weighted by atomic mass is 32.1. The van der Waals surface area contributed by atoms with E-state index in [1.807, 2.05) is 126 Å². The van der Waals surface area contributed by atoms with Gasteiger partial charge in [-0.2, -0.15) is 0 Å². The molecule has 11 aromatic heterocycles. The molecule has 0 unspecified atom stereocenters. The summed E-state index contributed by atoms with van der Waals surface area (Å²) < 4.78 is 7.78. The summed E-state index contributed by atoms with van der Waals surface area (Å²) >= 11 is 6.45. The number of benzene rings is 5. The molecule has 1 fully saturated rings. The predicted octanol–water partition coefficient (Wildman–Crippen LogP) is 24.6. The highest BCUT2D eigenvalue weighted by Gasteiger charge is 2.19. The third-order valence-corrected chi connectivity index (χ3v) is 24.9. The number of nitrogens with zero attached hydrogens (tertiary/aromatic N) is 19. The first-order valence-corrected chi connectivity index (χ1v) is 46.1. The number of aryl methyl sites for hydroxylation is 10. The number of hydrogen-bond donors (Lipinski definition) is 4. The van der Waals surface area contributed by atoms with Crippen LogP contribution in [-0.4, -0.2) is 125 Å². The summed E-state index contributed by atoms with van der Waals surface area (Å²) in [6.07, 6.45) is 25.7. The number of imidazole rings is 4. The molecule has 124 heavy (non-hydrogen) atoms. The van der Waals surface area contributed by atoms with Crippen LogP contribution < -0.4 is 40.9 Å². The minimum Gasteiger partial charge on any atom is -0.372 e. The highest BCUT2D eigenvalue weighted by Crippen LogP contribution is 2.38. The van der Waals surface area contributed by atoms with Gasteiger partial charge in [0.25, 0.3) is 0 Å². The maximum absolute atomic E-state index is 4.82. The van der Waals surface area contributed by atoms with Crippen molar-refractivity contribution in [1.82, 2.24) is 73.1 Å². The van der Waals surface area contributed by atoms with Gasteiger partial charge in [-0.3, -0.25) is 13.7 Å². The van der Waals surface area contributed by atoms with E-state index in [9.17, 15) is 0 Å². The molecule has 4 N–H and O–H groups in total. The molecule has 17 rings (SSSR count). The van der Waals surface area contributed by atoms with E-state index >= 15 is 0 Å². The Morgan fingerprint density at radius 2 is 0.677 bits per heavy atom. The van der Waals surface area contributed by atoms with Crippen molar-refractivity contribution in [2.75, 3.05) is 93.2 Å². The van der Waals surface area contributed by atoms with E-state index in [-0.39, 0.29) is 2.85 Å². The van der Waals surface area contributed by atoms with Crippen LogP contribution in [-0.2, 0) is 0 Å². The minimum absolute atomic E-state index is 0. The van der Waals surface area contributed by atoms with Crippen LogP contribution >= 0.6 is 45.3 Å². The van der Waals surface area contributed by atoms with Gasteiger partial charge in [0.15, 0.2) is 20.5 Å². The van der Waals surface area contributed by atoms with Gasteiger partial charge in [0.2, 0.25) is 0 Å². The monoisotopic (exact) mass is 1730 g/mol. The molecule has 642 valence electrons. The lowest BCUT2D eigenvalue weighted by Crippen LogP contribution is -2.29. The van der Waals surface area contributed by atoms with Crippen molar-refractivity contribution in [3.05, 3.63) is 268 Å². The Morgan fingerprint density at radius 3 is 1.03 bits per heavy atom. The molecule has 0 aliphatic carbocycles. The van der Waals surface area contributed by atoms with E-state index in [0.717, 1.165) is 193 Å². The van der Waals surface area contributed by atoms with Gasteiger partial charge in [-0.15, -0.1) is 45.3 Å². The van der Waals surface area contributed by atoms with Gasteiger partial charge >= 0.3 is 0 Å². The van der Waals surface area contributed by atoms with Crippen molar-refractivity contribution in [3.8, 4) is 68.2 Å². The lowest BCUT2D eigenvalue weighted by Gasteiger charge is -2.29. The smallest absolute Gasteiger partial charge is 0.187 e. The summed E-state index contributed by atoms with van der Waals surface area (Å²) in [5.41, 5.74) is 29.8. The second kappa shape index (κ2) is 41.0. The molecule has 0 amide bonds. The number of anilines is 12. The molecule has 27 heteroatoms. The van der Waals surface area contributed by atoms with Crippen molar-refractivity contribution in [3.63, 3.8) is 0 Å². The number of rotatable bonds is 27. The normalized spacial score (nSPS) is 11.8. The Bertz CT molecular complexity index is 5800. The van der Waals surface area contributed by atoms with Gasteiger partial charge in [0, 0.05) is 194 Å². The fourth-order valence-corrected chi connectivity index (χ4v) is 17.8. The Kier molecular flexibility index (Phi) is 29.0. The van der Waals surface area contributed by atoms with Crippen LogP contribution in [0.15, 0.2) is 212 Å². The van der Waals surface area contributed by atoms with Crippen molar-refractivity contribution < 1.29 is 2.85 Å². The summed E-state index contributed by atoms with van der Waals surface area (Å²) in [4.78, 5) is 59.6. The molecule has 0 saturated carbocycles. The molecule has 16 aromatic rings. The number of aromatic nitrogens is 15. The summed E-state index contributed by atoms with van der Waals surface area (Å²) in [7, 11) is 0. The molecule has 1 aliphatic rings. The van der Waals surface area contributed by atoms with E-state index in [1.54, 1.807) is 64.3 Å². The summed E-state index contributed by atoms with van der Waals surface area (Å²) in [5.74, 6) is 2.54. The van der Waals surface area contributed by atoms with E-state index in [2.05, 4.69) is 271 Å². The molecule has 1 aliphatic heterocycles. The van der Waals surface area contributed by atoms with Gasteiger partial charge in [0.1, 0.15) is 36.4 Å². The lowest BCUT2D eigenvalue weighted by molar-refractivity contribution is 0.578. The number of hydrogen-bond acceptors (Lipinski definition) is 23. The van der Waals surface area contributed by atoms with Crippen molar-refractivity contribution in [2.45, 2.75) is 136 Å². The van der Waals surface area contributed by atoms with Crippen LogP contribution in [0.2, 0.25) is 0 Å². The number of nitrogens with one attached hydrogen (secondary N) is 4. The van der Waals surface area contributed by atoms with Gasteiger partial charge in [-0.25, -0.2) is 54.8 Å². The minimum atomic E-state index is 0. The Balaban J connectivity index is 0.000000152. The third-order valence-electron chi connectivity index (χ3n) is 21.9. The maximum Gasteiger partial charge on any atom is 0.187 e. The molecular formula is C97H115N23S4. The van der Waals surface area contributed by atoms with Gasteiger partial charge in [0.05, 0.1) is 51.9 Å². The SMILES string of the molecule is CCCN(CC)c1ccc(C)c(Nc2nc(-c3ccc(-n4cnc(C)c4)nc3)cs2)c1.CCN(CC)c1cc(C)c(Nc2nc(-c3ccc(-n4cnc(C)c4)cc3)cs2)cc1C.CCN(CC)c1cc(C)c(Nc2nc(-c3ccc(-n4cnc(C)c4)nc3)cs2)cc1C.Cc1cn(-c2ccc(-c3csc(Nc4cc(N5CCCCC5)ccc4C)n3)cn2)cn1.[HH].[HH]. The predicted molar refractivity (Wildman–Crippen MR) is 524 cm³/mol. The van der Waals surface area contributed by atoms with Crippen LogP contribution in [0.25, 0.3) is 68.2 Å². The van der Waals surface area contributed by atoms with Gasteiger partial charge in [-0.1, -0.05) is 31.2 Å². The van der Waals surface area contributed by atoms with Crippen molar-refractivity contribution in [1.29, 1.82) is 0 Å². The van der Waals surface area contributed by atoms with Crippen LogP contribution in [0.5, 0.6) is 0 Å². The first kappa shape index (κ1) is 87.6. The fraction of sp³-hybridized carbons (Fsp3) is 0.289. The molecule has 0 bridgehead atoms. The second-order valence-electron chi connectivity index (χ2n) is 31.0. The fourth-order valence-electron chi connectivity index (χ4n) is 14.8. The quantitative estimate of drug-likeness (QED) is 0.0376. The van der Waals surface area contributed by atoms with Crippen LogP contribution in [0, 0.1) is 69.2 Å².